The molecule has 0 bridgehead atoms. The third-order valence-corrected chi connectivity index (χ3v) is 5.45. The second-order valence-electron chi connectivity index (χ2n) is 7.76. The van der Waals surface area contributed by atoms with Gasteiger partial charge < -0.3 is 10.1 Å². The Bertz CT molecular complexity index is 1280. The van der Waals surface area contributed by atoms with Crippen LogP contribution in [-0.2, 0) is 11.2 Å². The van der Waals surface area contributed by atoms with Crippen molar-refractivity contribution in [2.45, 2.75) is 39.2 Å². The van der Waals surface area contributed by atoms with Crippen molar-refractivity contribution < 1.29 is 9.53 Å². The van der Waals surface area contributed by atoms with Crippen LogP contribution in [0.1, 0.15) is 44.1 Å². The highest BCUT2D eigenvalue weighted by Crippen LogP contribution is 2.15. The molecule has 4 rings (SSSR count). The van der Waals surface area contributed by atoms with Crippen molar-refractivity contribution in [3.05, 3.63) is 88.7 Å². The molecule has 2 heterocycles. The van der Waals surface area contributed by atoms with Gasteiger partial charge in [-0.05, 0) is 50.1 Å². The van der Waals surface area contributed by atoms with Gasteiger partial charge in [-0.25, -0.2) is 0 Å². The van der Waals surface area contributed by atoms with Crippen molar-refractivity contribution in [1.29, 1.82) is 0 Å². The van der Waals surface area contributed by atoms with E-state index in [1.807, 2.05) is 68.4 Å². The average Bonchev–Trinajstić information content (AvgIpc) is 3.25. The monoisotopic (exact) mass is 445 g/mol. The van der Waals surface area contributed by atoms with E-state index in [9.17, 15) is 9.59 Å². The van der Waals surface area contributed by atoms with Crippen molar-refractivity contribution in [3.63, 3.8) is 0 Å². The molecule has 1 N–H and O–H groups in total. The average molecular weight is 446 g/mol. The Kier molecular flexibility index (Phi) is 6.83. The third-order valence-electron chi connectivity index (χ3n) is 5.45. The first-order chi connectivity index (χ1) is 16.1. The molecule has 0 radical (unpaired) electrons. The molecular formula is C25H27N5O3. The highest BCUT2D eigenvalue weighted by molar-refractivity contribution is 5.76. The molecule has 2 aromatic heterocycles. The number of hydrogen-bond acceptors (Lipinski definition) is 5. The van der Waals surface area contributed by atoms with E-state index in [2.05, 4.69) is 15.5 Å². The normalized spacial score (nSPS) is 11.9. The second kappa shape index (κ2) is 10.1. The van der Waals surface area contributed by atoms with Gasteiger partial charge in [-0.2, -0.15) is 0 Å². The van der Waals surface area contributed by atoms with Crippen LogP contribution in [0.25, 0.3) is 11.3 Å². The lowest BCUT2D eigenvalue weighted by molar-refractivity contribution is -0.121. The Morgan fingerprint density at radius 2 is 1.82 bits per heavy atom. The van der Waals surface area contributed by atoms with Crippen LogP contribution in [0, 0.1) is 0 Å². The first-order valence-corrected chi connectivity index (χ1v) is 11.1. The van der Waals surface area contributed by atoms with Crippen molar-refractivity contribution in [2.24, 2.45) is 0 Å². The van der Waals surface area contributed by atoms with Crippen molar-refractivity contribution in [1.82, 2.24) is 24.5 Å². The molecule has 0 unspecified atom stereocenters. The molecule has 2 aromatic carbocycles. The molecule has 8 nitrogen and oxygen atoms in total. The summed E-state index contributed by atoms with van der Waals surface area (Å²) in [7, 11) is 0. The van der Waals surface area contributed by atoms with Gasteiger partial charge in [-0.1, -0.05) is 30.3 Å². The van der Waals surface area contributed by atoms with E-state index in [1.54, 1.807) is 16.8 Å². The lowest BCUT2D eigenvalue weighted by atomic mass is 10.1. The van der Waals surface area contributed by atoms with E-state index in [-0.39, 0.29) is 23.2 Å². The molecule has 170 valence electrons. The molecule has 0 aliphatic rings. The van der Waals surface area contributed by atoms with Crippen LogP contribution in [0.4, 0.5) is 0 Å². The van der Waals surface area contributed by atoms with Crippen molar-refractivity contribution >= 4 is 11.6 Å². The Morgan fingerprint density at radius 1 is 1.06 bits per heavy atom. The predicted octanol–water partition coefficient (Wildman–Crippen LogP) is 3.48. The van der Waals surface area contributed by atoms with Crippen LogP contribution < -0.4 is 15.6 Å². The molecule has 1 atom stereocenters. The first kappa shape index (κ1) is 22.3. The molecular weight excluding hydrogens is 418 g/mol. The van der Waals surface area contributed by atoms with E-state index in [4.69, 9.17) is 4.74 Å². The van der Waals surface area contributed by atoms with E-state index in [0.29, 0.717) is 31.7 Å². The number of aromatic nitrogens is 4. The predicted molar refractivity (Wildman–Crippen MR) is 126 cm³/mol. The summed E-state index contributed by atoms with van der Waals surface area (Å²) < 4.78 is 8.68. The minimum absolute atomic E-state index is 0.0157. The number of benzene rings is 2. The van der Waals surface area contributed by atoms with Crippen LogP contribution >= 0.6 is 0 Å². The summed E-state index contributed by atoms with van der Waals surface area (Å²) in [5.41, 5.74) is 1.79. The smallest absolute Gasteiger partial charge is 0.300 e. The number of nitrogens with zero attached hydrogens (tertiary/aromatic N) is 4. The Morgan fingerprint density at radius 3 is 2.55 bits per heavy atom. The van der Waals surface area contributed by atoms with Gasteiger partial charge >= 0.3 is 5.56 Å². The van der Waals surface area contributed by atoms with E-state index >= 15 is 0 Å². The maximum atomic E-state index is 12.9. The van der Waals surface area contributed by atoms with Crippen LogP contribution in [0.3, 0.4) is 0 Å². The van der Waals surface area contributed by atoms with Gasteiger partial charge in [0, 0.05) is 30.9 Å². The van der Waals surface area contributed by atoms with E-state index < -0.39 is 0 Å². The van der Waals surface area contributed by atoms with Gasteiger partial charge in [0.2, 0.25) is 11.6 Å². The molecule has 0 fully saturated rings. The summed E-state index contributed by atoms with van der Waals surface area (Å²) in [6, 6.07) is 17.1. The highest BCUT2D eigenvalue weighted by atomic mass is 16.5. The number of hydrogen-bond donors (Lipinski definition) is 1. The van der Waals surface area contributed by atoms with Crippen LogP contribution in [0.15, 0.2) is 71.8 Å². The lowest BCUT2D eigenvalue weighted by Crippen LogP contribution is -2.26. The number of carbonyl (C=O) groups excluding carboxylic acids is 1. The molecule has 0 aliphatic heterocycles. The van der Waals surface area contributed by atoms with Gasteiger partial charge in [0.05, 0.1) is 12.6 Å². The maximum Gasteiger partial charge on any atom is 0.300 e. The minimum atomic E-state index is -0.255. The number of carbonyl (C=O) groups is 1. The topological polar surface area (TPSA) is 90.5 Å². The Labute approximate surface area is 191 Å². The fourth-order valence-electron chi connectivity index (χ4n) is 3.72. The van der Waals surface area contributed by atoms with Gasteiger partial charge in [0.15, 0.2) is 0 Å². The Hall–Kier alpha value is -3.94. The molecule has 0 saturated heterocycles. The molecule has 4 aromatic rings. The lowest BCUT2D eigenvalue weighted by Gasteiger charge is -2.14. The zero-order valence-corrected chi connectivity index (χ0v) is 18.8. The van der Waals surface area contributed by atoms with Crippen LogP contribution in [0.5, 0.6) is 5.75 Å². The van der Waals surface area contributed by atoms with Crippen LogP contribution in [0.2, 0.25) is 0 Å². The zero-order valence-electron chi connectivity index (χ0n) is 18.8. The number of aryl methyl sites for hydroxylation is 1. The number of fused-ring (bicyclic) bond motifs is 1. The second-order valence-corrected chi connectivity index (χ2v) is 7.76. The largest absolute Gasteiger partial charge is 0.494 e. The Balaban J connectivity index is 1.39. The number of rotatable bonds is 9. The fraction of sp³-hybridized carbons (Fsp3) is 0.280. The summed E-state index contributed by atoms with van der Waals surface area (Å²) in [5.74, 6) is 1.39. The highest BCUT2D eigenvalue weighted by Gasteiger charge is 2.13. The minimum Gasteiger partial charge on any atom is -0.494 e. The molecule has 0 saturated carbocycles. The van der Waals surface area contributed by atoms with Crippen molar-refractivity contribution in [2.75, 3.05) is 6.61 Å². The molecule has 33 heavy (non-hydrogen) atoms. The number of nitrogens with one attached hydrogen (secondary N) is 1. The maximum absolute atomic E-state index is 12.9. The quantitative estimate of drug-likeness (QED) is 0.426. The van der Waals surface area contributed by atoms with Gasteiger partial charge in [-0.3, -0.25) is 18.6 Å². The van der Waals surface area contributed by atoms with Gasteiger partial charge in [0.25, 0.3) is 0 Å². The summed E-state index contributed by atoms with van der Waals surface area (Å²) in [6.07, 6.45) is 5.00. The summed E-state index contributed by atoms with van der Waals surface area (Å²) in [5, 5.41) is 11.3. The molecule has 0 spiro atoms. The molecule has 0 aliphatic carbocycles. The summed E-state index contributed by atoms with van der Waals surface area (Å²) >= 11 is 0. The van der Waals surface area contributed by atoms with Crippen molar-refractivity contribution in [3.8, 4) is 11.4 Å². The standard InChI is InChI=1S/C25H27N5O3/c1-3-33-21-14-12-20(13-15-21)29-16-17-30-22(27-28-24(30)25(29)32)10-7-11-23(31)26-18(2)19-8-5-4-6-9-19/h4-6,8-9,12-18H,3,7,10-11H2,1-2H3,(H,26,31)/t18-/m1/s1. The number of ether oxygens (including phenoxy) is 1. The van der Waals surface area contributed by atoms with E-state index in [1.165, 1.54) is 4.57 Å². The third kappa shape index (κ3) is 5.11. The SMILES string of the molecule is CCOc1ccc(-n2ccn3c(CCCC(=O)N[C@H](C)c4ccccc4)nnc3c2=O)cc1. The zero-order chi connectivity index (χ0) is 23.2. The van der Waals surface area contributed by atoms with Crippen LogP contribution in [-0.4, -0.2) is 31.7 Å². The fourth-order valence-corrected chi connectivity index (χ4v) is 3.72. The first-order valence-electron chi connectivity index (χ1n) is 11.1. The summed E-state index contributed by atoms with van der Waals surface area (Å²) in [6.45, 7) is 4.48. The van der Waals surface area contributed by atoms with Gasteiger partial charge in [-0.15, -0.1) is 10.2 Å². The van der Waals surface area contributed by atoms with E-state index in [0.717, 1.165) is 17.0 Å². The number of amides is 1. The molecule has 8 heteroatoms. The molecule has 1 amide bonds. The summed E-state index contributed by atoms with van der Waals surface area (Å²) in [4.78, 5) is 25.3. The van der Waals surface area contributed by atoms with Gasteiger partial charge in [0.1, 0.15) is 11.6 Å².